The molecule has 5 nitrogen and oxygen atoms in total. The monoisotopic (exact) mass is 246 g/mol. The molecule has 0 bridgehead atoms. The Kier molecular flexibility index (Phi) is 9.03. The molecule has 102 valence electrons. The van der Waals surface area contributed by atoms with Gasteiger partial charge in [-0.15, -0.1) is 0 Å². The van der Waals surface area contributed by atoms with Gasteiger partial charge < -0.3 is 20.1 Å². The van der Waals surface area contributed by atoms with Crippen LogP contribution in [-0.2, 0) is 14.3 Å². The van der Waals surface area contributed by atoms with E-state index in [0.29, 0.717) is 32.7 Å². The van der Waals surface area contributed by atoms with Gasteiger partial charge in [0.05, 0.1) is 18.8 Å². The maximum absolute atomic E-state index is 11.3. The second kappa shape index (κ2) is 9.39. The summed E-state index contributed by atoms with van der Waals surface area (Å²) >= 11 is 0. The van der Waals surface area contributed by atoms with Gasteiger partial charge in [-0.2, -0.15) is 0 Å². The molecule has 0 aliphatic carbocycles. The average molecular weight is 246 g/mol. The molecular weight excluding hydrogens is 220 g/mol. The summed E-state index contributed by atoms with van der Waals surface area (Å²) in [6.45, 7) is 9.30. The molecule has 0 heterocycles. The number of carbonyl (C=O) groups is 1. The van der Waals surface area contributed by atoms with E-state index in [1.54, 1.807) is 7.11 Å². The summed E-state index contributed by atoms with van der Waals surface area (Å²) < 4.78 is 10.4. The van der Waals surface area contributed by atoms with Crippen molar-refractivity contribution in [2.24, 2.45) is 0 Å². The van der Waals surface area contributed by atoms with E-state index in [1.807, 2.05) is 20.8 Å². The lowest BCUT2D eigenvalue weighted by Crippen LogP contribution is -2.32. The molecule has 2 N–H and O–H groups in total. The topological polar surface area (TPSA) is 59.6 Å². The van der Waals surface area contributed by atoms with Crippen molar-refractivity contribution < 1.29 is 14.3 Å². The lowest BCUT2D eigenvalue weighted by atomic mass is 10.2. The van der Waals surface area contributed by atoms with E-state index in [0.717, 1.165) is 6.54 Å². The van der Waals surface area contributed by atoms with Gasteiger partial charge in [0.1, 0.15) is 0 Å². The third-order valence-corrected chi connectivity index (χ3v) is 1.97. The van der Waals surface area contributed by atoms with Crippen molar-refractivity contribution in [3.05, 3.63) is 0 Å². The van der Waals surface area contributed by atoms with E-state index in [1.165, 1.54) is 0 Å². The Labute approximate surface area is 104 Å². The summed E-state index contributed by atoms with van der Waals surface area (Å²) in [5.74, 6) is 0.0475. The van der Waals surface area contributed by atoms with Crippen molar-refractivity contribution in [2.75, 3.05) is 40.0 Å². The highest BCUT2D eigenvalue weighted by molar-refractivity contribution is 5.75. The Hall–Kier alpha value is -0.650. The number of amides is 1. The van der Waals surface area contributed by atoms with E-state index in [-0.39, 0.29) is 11.5 Å². The van der Waals surface area contributed by atoms with Crippen LogP contribution >= 0.6 is 0 Å². The normalized spacial score (nSPS) is 11.5. The number of carbonyl (C=O) groups excluding carboxylic acids is 1. The summed E-state index contributed by atoms with van der Waals surface area (Å²) in [6.07, 6.45) is 0.485. The van der Waals surface area contributed by atoms with Gasteiger partial charge in [-0.05, 0) is 20.8 Å². The summed E-state index contributed by atoms with van der Waals surface area (Å²) in [5, 5.41) is 5.93. The lowest BCUT2D eigenvalue weighted by molar-refractivity contribution is -0.121. The van der Waals surface area contributed by atoms with Gasteiger partial charge in [-0.3, -0.25) is 4.79 Å². The van der Waals surface area contributed by atoms with Crippen LogP contribution in [0.15, 0.2) is 0 Å². The maximum Gasteiger partial charge on any atom is 0.221 e. The van der Waals surface area contributed by atoms with Crippen LogP contribution < -0.4 is 10.6 Å². The molecule has 0 saturated carbocycles. The molecule has 0 aliphatic heterocycles. The van der Waals surface area contributed by atoms with Crippen molar-refractivity contribution in [3.8, 4) is 0 Å². The Morgan fingerprint density at radius 1 is 1.12 bits per heavy atom. The molecule has 17 heavy (non-hydrogen) atoms. The van der Waals surface area contributed by atoms with Gasteiger partial charge in [0.2, 0.25) is 5.91 Å². The third-order valence-electron chi connectivity index (χ3n) is 1.97. The van der Waals surface area contributed by atoms with E-state index >= 15 is 0 Å². The molecule has 5 heteroatoms. The molecule has 0 aromatic rings. The fourth-order valence-electron chi connectivity index (χ4n) is 1.14. The maximum atomic E-state index is 11.3. The van der Waals surface area contributed by atoms with Crippen molar-refractivity contribution in [3.63, 3.8) is 0 Å². The van der Waals surface area contributed by atoms with Crippen LogP contribution in [0, 0.1) is 0 Å². The number of hydrogen-bond acceptors (Lipinski definition) is 4. The van der Waals surface area contributed by atoms with E-state index in [9.17, 15) is 4.79 Å². The van der Waals surface area contributed by atoms with Crippen LogP contribution in [0.4, 0.5) is 0 Å². The number of hydrogen-bond donors (Lipinski definition) is 2. The van der Waals surface area contributed by atoms with Gasteiger partial charge in [0.15, 0.2) is 0 Å². The first-order valence-electron chi connectivity index (χ1n) is 6.06. The predicted molar refractivity (Wildman–Crippen MR) is 68.1 cm³/mol. The summed E-state index contributed by atoms with van der Waals surface area (Å²) in [6, 6.07) is 0. The van der Waals surface area contributed by atoms with Crippen molar-refractivity contribution in [1.29, 1.82) is 0 Å². The summed E-state index contributed by atoms with van der Waals surface area (Å²) in [4.78, 5) is 11.3. The number of nitrogens with one attached hydrogen (secondary N) is 2. The molecule has 0 radical (unpaired) electrons. The highest BCUT2D eigenvalue weighted by Crippen LogP contribution is 2.04. The number of ether oxygens (including phenoxy) is 2. The van der Waals surface area contributed by atoms with Crippen LogP contribution in [0.2, 0.25) is 0 Å². The zero-order valence-electron chi connectivity index (χ0n) is 11.5. The number of methoxy groups -OCH3 is 1. The van der Waals surface area contributed by atoms with Gasteiger partial charge in [0, 0.05) is 33.2 Å². The first kappa shape index (κ1) is 16.4. The molecule has 1 amide bonds. The third kappa shape index (κ3) is 13.3. The van der Waals surface area contributed by atoms with Crippen LogP contribution in [-0.4, -0.2) is 51.5 Å². The Balaban J connectivity index is 3.25. The fraction of sp³-hybridized carbons (Fsp3) is 0.917. The van der Waals surface area contributed by atoms with Crippen LogP contribution in [0.3, 0.4) is 0 Å². The van der Waals surface area contributed by atoms with E-state index in [4.69, 9.17) is 9.47 Å². The first-order valence-corrected chi connectivity index (χ1v) is 6.06. The molecule has 0 rings (SSSR count). The standard InChI is InChI=1S/C12H26N2O3/c1-12(2,3)17-10-7-13-6-5-11(15)14-8-9-16-4/h13H,5-10H2,1-4H3,(H,14,15). The highest BCUT2D eigenvalue weighted by Gasteiger charge is 2.08. The highest BCUT2D eigenvalue weighted by atomic mass is 16.5. The summed E-state index contributed by atoms with van der Waals surface area (Å²) in [5.41, 5.74) is -0.0980. The largest absolute Gasteiger partial charge is 0.383 e. The minimum absolute atomic E-state index is 0.0475. The molecule has 0 aromatic carbocycles. The van der Waals surface area contributed by atoms with Gasteiger partial charge in [0.25, 0.3) is 0 Å². The van der Waals surface area contributed by atoms with Gasteiger partial charge in [-0.1, -0.05) is 0 Å². The Bertz CT molecular complexity index is 202. The molecule has 0 saturated heterocycles. The molecule has 0 spiro atoms. The van der Waals surface area contributed by atoms with E-state index in [2.05, 4.69) is 10.6 Å². The minimum Gasteiger partial charge on any atom is -0.383 e. The zero-order valence-corrected chi connectivity index (χ0v) is 11.5. The Morgan fingerprint density at radius 2 is 1.82 bits per heavy atom. The average Bonchev–Trinajstić information content (AvgIpc) is 2.22. The fourth-order valence-corrected chi connectivity index (χ4v) is 1.14. The zero-order chi connectivity index (χ0) is 13.1. The lowest BCUT2D eigenvalue weighted by Gasteiger charge is -2.19. The summed E-state index contributed by atoms with van der Waals surface area (Å²) in [7, 11) is 1.61. The molecular formula is C12H26N2O3. The smallest absolute Gasteiger partial charge is 0.221 e. The molecule has 0 atom stereocenters. The van der Waals surface area contributed by atoms with Crippen molar-refractivity contribution >= 4 is 5.91 Å². The number of rotatable bonds is 9. The van der Waals surface area contributed by atoms with Gasteiger partial charge >= 0.3 is 0 Å². The van der Waals surface area contributed by atoms with Crippen molar-refractivity contribution in [1.82, 2.24) is 10.6 Å². The second-order valence-electron chi connectivity index (χ2n) is 4.80. The first-order chi connectivity index (χ1) is 7.95. The van der Waals surface area contributed by atoms with Crippen LogP contribution in [0.1, 0.15) is 27.2 Å². The molecule has 0 aliphatic rings. The van der Waals surface area contributed by atoms with Crippen LogP contribution in [0.5, 0.6) is 0 Å². The molecule has 0 fully saturated rings. The SMILES string of the molecule is COCCNC(=O)CCNCCOC(C)(C)C. The van der Waals surface area contributed by atoms with E-state index < -0.39 is 0 Å². The Morgan fingerprint density at radius 3 is 2.41 bits per heavy atom. The quantitative estimate of drug-likeness (QED) is 0.583. The van der Waals surface area contributed by atoms with Crippen LogP contribution in [0.25, 0.3) is 0 Å². The minimum atomic E-state index is -0.0980. The van der Waals surface area contributed by atoms with Crippen molar-refractivity contribution in [2.45, 2.75) is 32.8 Å². The second-order valence-corrected chi connectivity index (χ2v) is 4.80. The predicted octanol–water partition coefficient (Wildman–Crippen LogP) is 0.544. The van der Waals surface area contributed by atoms with Gasteiger partial charge in [-0.25, -0.2) is 0 Å². The molecule has 0 unspecified atom stereocenters. The molecule has 0 aromatic heterocycles.